The Morgan fingerprint density at radius 1 is 1.53 bits per heavy atom. The van der Waals surface area contributed by atoms with Crippen LogP contribution in [-0.2, 0) is 19.1 Å². The number of hydrogen-bond donors (Lipinski definition) is 0. The van der Waals surface area contributed by atoms with Gasteiger partial charge in [-0.05, 0) is 19.3 Å². The lowest BCUT2D eigenvalue weighted by atomic mass is 10.1. The summed E-state index contributed by atoms with van der Waals surface area (Å²) in [7, 11) is 0. The molecule has 15 heavy (non-hydrogen) atoms. The molecule has 1 fully saturated rings. The fourth-order valence-corrected chi connectivity index (χ4v) is 1.10. The molecule has 0 aliphatic carbocycles. The third kappa shape index (κ3) is 5.32. The minimum absolute atomic E-state index is 0.0943. The van der Waals surface area contributed by atoms with E-state index in [2.05, 4.69) is 6.58 Å². The van der Waals surface area contributed by atoms with Gasteiger partial charge in [-0.3, -0.25) is 0 Å². The maximum Gasteiger partial charge on any atom is 0.333 e. The molecule has 0 aromatic rings. The Kier molecular flexibility index (Phi) is 5.04. The lowest BCUT2D eigenvalue weighted by Gasteiger charge is -2.04. The number of unbranched alkanes of at least 4 members (excludes halogenated alkanes) is 2. The van der Waals surface area contributed by atoms with Crippen molar-refractivity contribution in [3.63, 3.8) is 0 Å². The number of rotatable bonds is 8. The van der Waals surface area contributed by atoms with Crippen molar-refractivity contribution in [2.24, 2.45) is 0 Å². The van der Waals surface area contributed by atoms with E-state index in [0.717, 1.165) is 19.1 Å². The van der Waals surface area contributed by atoms with E-state index in [1.54, 1.807) is 0 Å². The average molecular weight is 212 g/mol. The monoisotopic (exact) mass is 212 g/mol. The predicted molar refractivity (Wildman–Crippen MR) is 54.4 cm³/mol. The molecule has 1 atom stereocenters. The topological polar surface area (TPSA) is 55.9 Å². The number of carbonyl (C=O) groups is 2. The van der Waals surface area contributed by atoms with Gasteiger partial charge in [-0.15, -0.1) is 0 Å². The Hall–Kier alpha value is -1.16. The number of aldehydes is 1. The smallest absolute Gasteiger partial charge is 0.333 e. The van der Waals surface area contributed by atoms with Crippen LogP contribution < -0.4 is 0 Å². The van der Waals surface area contributed by atoms with Crippen LogP contribution in [0.3, 0.4) is 0 Å². The second-order valence-corrected chi connectivity index (χ2v) is 3.57. The fourth-order valence-electron chi connectivity index (χ4n) is 1.10. The van der Waals surface area contributed by atoms with Crippen molar-refractivity contribution >= 4 is 12.3 Å². The van der Waals surface area contributed by atoms with Gasteiger partial charge in [0.2, 0.25) is 0 Å². The molecule has 0 aromatic heterocycles. The van der Waals surface area contributed by atoms with Crippen LogP contribution in [0.15, 0.2) is 12.2 Å². The van der Waals surface area contributed by atoms with Gasteiger partial charge in [-0.1, -0.05) is 6.58 Å². The van der Waals surface area contributed by atoms with Gasteiger partial charge >= 0.3 is 5.97 Å². The van der Waals surface area contributed by atoms with Crippen LogP contribution in [0, 0.1) is 0 Å². The normalized spacial score (nSPS) is 18.3. The third-order valence-electron chi connectivity index (χ3n) is 2.14. The Morgan fingerprint density at radius 2 is 2.27 bits per heavy atom. The molecule has 4 heteroatoms. The van der Waals surface area contributed by atoms with Crippen LogP contribution in [-0.4, -0.2) is 31.6 Å². The maximum atomic E-state index is 11.3. The molecular weight excluding hydrogens is 196 g/mol. The average Bonchev–Trinajstić information content (AvgIpc) is 3.04. The Bertz CT molecular complexity index is 243. The van der Waals surface area contributed by atoms with Crippen molar-refractivity contribution in [1.82, 2.24) is 0 Å². The van der Waals surface area contributed by atoms with Crippen molar-refractivity contribution in [2.45, 2.75) is 31.8 Å². The molecule has 1 aliphatic heterocycles. The summed E-state index contributed by atoms with van der Waals surface area (Å²) in [4.78, 5) is 21.3. The van der Waals surface area contributed by atoms with E-state index in [1.165, 1.54) is 0 Å². The maximum absolute atomic E-state index is 11.3. The summed E-state index contributed by atoms with van der Waals surface area (Å²) in [6.45, 7) is 4.65. The molecule has 1 saturated heterocycles. The summed E-state index contributed by atoms with van der Waals surface area (Å²) in [6.07, 6.45) is 3.70. The van der Waals surface area contributed by atoms with E-state index in [1.807, 2.05) is 0 Å². The van der Waals surface area contributed by atoms with E-state index >= 15 is 0 Å². The van der Waals surface area contributed by atoms with Gasteiger partial charge in [0.1, 0.15) is 19.0 Å². The molecule has 84 valence electrons. The van der Waals surface area contributed by atoms with E-state index < -0.39 is 0 Å². The summed E-state index contributed by atoms with van der Waals surface area (Å²) in [5.74, 6) is -0.350. The zero-order chi connectivity index (χ0) is 11.1. The Balaban J connectivity index is 2.03. The van der Waals surface area contributed by atoms with Gasteiger partial charge in [0.25, 0.3) is 0 Å². The highest BCUT2D eigenvalue weighted by Crippen LogP contribution is 2.12. The summed E-state index contributed by atoms with van der Waals surface area (Å²) in [6, 6.07) is 0. The number of carbonyl (C=O) groups excluding carboxylic acids is 2. The van der Waals surface area contributed by atoms with Crippen molar-refractivity contribution in [2.75, 3.05) is 13.2 Å². The summed E-state index contributed by atoms with van der Waals surface area (Å²) >= 11 is 0. The second kappa shape index (κ2) is 6.35. The van der Waals surface area contributed by atoms with E-state index in [0.29, 0.717) is 31.6 Å². The van der Waals surface area contributed by atoms with Crippen LogP contribution in [0.2, 0.25) is 0 Å². The van der Waals surface area contributed by atoms with Crippen LogP contribution in [0.4, 0.5) is 0 Å². The van der Waals surface area contributed by atoms with Gasteiger partial charge in [0.15, 0.2) is 0 Å². The summed E-state index contributed by atoms with van der Waals surface area (Å²) < 4.78 is 9.86. The first-order valence-corrected chi connectivity index (χ1v) is 5.14. The molecule has 0 bridgehead atoms. The van der Waals surface area contributed by atoms with E-state index in [4.69, 9.17) is 9.47 Å². The summed E-state index contributed by atoms with van der Waals surface area (Å²) in [5, 5.41) is 0. The first kappa shape index (κ1) is 11.9. The highest BCUT2D eigenvalue weighted by Gasteiger charge is 2.24. The number of esters is 1. The minimum Gasteiger partial charge on any atom is -0.459 e. The summed E-state index contributed by atoms with van der Waals surface area (Å²) in [5.41, 5.74) is 0.474. The number of ether oxygens (including phenoxy) is 2. The van der Waals surface area contributed by atoms with Gasteiger partial charge in [-0.25, -0.2) is 4.79 Å². The first-order valence-electron chi connectivity index (χ1n) is 5.14. The Morgan fingerprint density at radius 3 is 2.87 bits per heavy atom. The number of hydrogen-bond acceptors (Lipinski definition) is 4. The molecule has 4 nitrogen and oxygen atoms in total. The molecule has 0 spiro atoms. The third-order valence-corrected chi connectivity index (χ3v) is 2.14. The fraction of sp³-hybridized carbons (Fsp3) is 0.636. The highest BCUT2D eigenvalue weighted by molar-refractivity contribution is 5.87. The van der Waals surface area contributed by atoms with Crippen LogP contribution in [0.1, 0.15) is 25.7 Å². The highest BCUT2D eigenvalue weighted by atomic mass is 16.6. The molecule has 0 aromatic carbocycles. The van der Waals surface area contributed by atoms with E-state index in [9.17, 15) is 9.59 Å². The molecule has 0 radical (unpaired) electrons. The van der Waals surface area contributed by atoms with Gasteiger partial charge in [-0.2, -0.15) is 0 Å². The van der Waals surface area contributed by atoms with E-state index in [-0.39, 0.29) is 12.1 Å². The molecule has 1 unspecified atom stereocenters. The van der Waals surface area contributed by atoms with Crippen molar-refractivity contribution in [3.8, 4) is 0 Å². The zero-order valence-corrected chi connectivity index (χ0v) is 8.74. The molecular formula is C11H16O4. The zero-order valence-electron chi connectivity index (χ0n) is 8.74. The molecule has 0 amide bonds. The molecule has 1 aliphatic rings. The van der Waals surface area contributed by atoms with Crippen LogP contribution in [0.25, 0.3) is 0 Å². The minimum atomic E-state index is -0.350. The van der Waals surface area contributed by atoms with Crippen molar-refractivity contribution in [1.29, 1.82) is 0 Å². The Labute approximate surface area is 89.2 Å². The standard InChI is InChI=1S/C11H16O4/c1-9(5-3-2-4-6-12)11(13)15-8-10-7-14-10/h6,10H,1-5,7-8H2. The van der Waals surface area contributed by atoms with Crippen molar-refractivity contribution in [3.05, 3.63) is 12.2 Å². The quantitative estimate of drug-likeness (QED) is 0.200. The van der Waals surface area contributed by atoms with Crippen LogP contribution >= 0.6 is 0 Å². The first-order chi connectivity index (χ1) is 7.24. The number of epoxide rings is 1. The predicted octanol–water partition coefficient (Wildman–Crippen LogP) is 1.24. The lowest BCUT2D eigenvalue weighted by molar-refractivity contribution is -0.139. The molecule has 1 heterocycles. The van der Waals surface area contributed by atoms with Crippen LogP contribution in [0.5, 0.6) is 0 Å². The van der Waals surface area contributed by atoms with Gasteiger partial charge < -0.3 is 14.3 Å². The lowest BCUT2D eigenvalue weighted by Crippen LogP contribution is -2.11. The molecule has 0 N–H and O–H groups in total. The molecule has 0 saturated carbocycles. The molecule has 1 rings (SSSR count). The largest absolute Gasteiger partial charge is 0.459 e. The second-order valence-electron chi connectivity index (χ2n) is 3.57. The van der Waals surface area contributed by atoms with Crippen molar-refractivity contribution < 1.29 is 19.1 Å². The van der Waals surface area contributed by atoms with Gasteiger partial charge in [0.05, 0.1) is 6.61 Å². The SMILES string of the molecule is C=C(CCCCC=O)C(=O)OCC1CO1. The van der Waals surface area contributed by atoms with Gasteiger partial charge in [0, 0.05) is 12.0 Å².